The summed E-state index contributed by atoms with van der Waals surface area (Å²) < 4.78 is 55.1. The van der Waals surface area contributed by atoms with E-state index in [1.807, 2.05) is 13.8 Å². The van der Waals surface area contributed by atoms with Gasteiger partial charge in [0, 0.05) is 18.9 Å². The minimum atomic E-state index is -4.55. The molecule has 0 radical (unpaired) electrons. The Balaban J connectivity index is 2.20. The standard InChI is InChI=1S/C20H23ClF3NO4/c1-13(2)27-8-9-28-16-6-5-14(4-3-7-26)18(11-16)29-19-17(21)10-15(12-25-19)20(22,23)24/h5-6,10-13,26H,3-4,7-9H2,1-2H3. The first-order chi connectivity index (χ1) is 13.7. The topological polar surface area (TPSA) is 60.8 Å². The lowest BCUT2D eigenvalue weighted by Crippen LogP contribution is -2.11. The molecule has 9 heteroatoms. The Morgan fingerprint density at radius 3 is 2.55 bits per heavy atom. The fraction of sp³-hybridized carbons (Fsp3) is 0.450. The van der Waals surface area contributed by atoms with Crippen LogP contribution >= 0.6 is 11.6 Å². The van der Waals surface area contributed by atoms with E-state index in [0.717, 1.165) is 11.6 Å². The Labute approximate surface area is 172 Å². The Kier molecular flexibility index (Phi) is 8.55. The number of benzene rings is 1. The molecule has 0 saturated heterocycles. The molecule has 1 heterocycles. The van der Waals surface area contributed by atoms with Crippen molar-refractivity contribution in [2.45, 2.75) is 39.0 Å². The molecule has 0 fully saturated rings. The molecule has 29 heavy (non-hydrogen) atoms. The molecule has 1 aromatic heterocycles. The molecule has 160 valence electrons. The van der Waals surface area contributed by atoms with E-state index in [-0.39, 0.29) is 23.6 Å². The van der Waals surface area contributed by atoms with Crippen molar-refractivity contribution in [3.63, 3.8) is 0 Å². The Bertz CT molecular complexity index is 800. The third kappa shape index (κ3) is 7.38. The quantitative estimate of drug-likeness (QED) is 0.517. The van der Waals surface area contributed by atoms with Crippen LogP contribution in [0.2, 0.25) is 5.02 Å². The van der Waals surface area contributed by atoms with Crippen molar-refractivity contribution in [1.29, 1.82) is 0 Å². The molecule has 2 aromatic rings. The average molecular weight is 434 g/mol. The molecule has 0 unspecified atom stereocenters. The third-order valence-electron chi connectivity index (χ3n) is 3.79. The number of ether oxygens (including phenoxy) is 3. The highest BCUT2D eigenvalue weighted by Gasteiger charge is 2.31. The number of alkyl halides is 3. The van der Waals surface area contributed by atoms with E-state index >= 15 is 0 Å². The van der Waals surface area contributed by atoms with Crippen LogP contribution in [-0.4, -0.2) is 36.0 Å². The van der Waals surface area contributed by atoms with Gasteiger partial charge in [0.2, 0.25) is 5.88 Å². The first-order valence-electron chi connectivity index (χ1n) is 9.09. The van der Waals surface area contributed by atoms with E-state index in [4.69, 9.17) is 30.9 Å². The van der Waals surface area contributed by atoms with Crippen molar-refractivity contribution >= 4 is 11.6 Å². The second kappa shape index (κ2) is 10.7. The fourth-order valence-corrected chi connectivity index (χ4v) is 2.60. The van der Waals surface area contributed by atoms with Crippen LogP contribution in [0.15, 0.2) is 30.5 Å². The van der Waals surface area contributed by atoms with E-state index in [9.17, 15) is 13.2 Å². The largest absolute Gasteiger partial charge is 0.491 e. The molecule has 0 aliphatic carbocycles. The zero-order valence-electron chi connectivity index (χ0n) is 16.1. The number of aromatic nitrogens is 1. The maximum absolute atomic E-state index is 12.8. The van der Waals surface area contributed by atoms with Crippen LogP contribution in [0, 0.1) is 0 Å². The van der Waals surface area contributed by atoms with Crippen LogP contribution < -0.4 is 9.47 Å². The van der Waals surface area contributed by atoms with Crippen molar-refractivity contribution in [1.82, 2.24) is 4.98 Å². The van der Waals surface area contributed by atoms with Crippen LogP contribution in [0.25, 0.3) is 0 Å². The molecule has 1 N–H and O–H groups in total. The number of hydrogen-bond donors (Lipinski definition) is 1. The highest BCUT2D eigenvalue weighted by atomic mass is 35.5. The lowest BCUT2D eigenvalue weighted by Gasteiger charge is -2.15. The van der Waals surface area contributed by atoms with E-state index in [1.165, 1.54) is 0 Å². The molecule has 0 spiro atoms. The SMILES string of the molecule is CC(C)OCCOc1ccc(CCCO)c(Oc2ncc(C(F)(F)F)cc2Cl)c1. The van der Waals surface area contributed by atoms with Crippen molar-refractivity contribution in [2.75, 3.05) is 19.8 Å². The lowest BCUT2D eigenvalue weighted by atomic mass is 10.1. The van der Waals surface area contributed by atoms with Gasteiger partial charge in [-0.2, -0.15) is 13.2 Å². The summed E-state index contributed by atoms with van der Waals surface area (Å²) in [6.45, 7) is 4.56. The Morgan fingerprint density at radius 2 is 1.93 bits per heavy atom. The van der Waals surface area contributed by atoms with Crippen molar-refractivity contribution in [3.8, 4) is 17.4 Å². The summed E-state index contributed by atoms with van der Waals surface area (Å²) in [5, 5.41) is 8.82. The molecule has 0 aliphatic heterocycles. The summed E-state index contributed by atoms with van der Waals surface area (Å²) in [6, 6.07) is 5.89. The maximum atomic E-state index is 12.8. The van der Waals surface area contributed by atoms with Gasteiger partial charge in [-0.3, -0.25) is 0 Å². The maximum Gasteiger partial charge on any atom is 0.417 e. The number of pyridine rings is 1. The number of rotatable bonds is 10. The normalized spacial score (nSPS) is 11.7. The summed E-state index contributed by atoms with van der Waals surface area (Å²) in [6.07, 6.45) is -2.80. The van der Waals surface area contributed by atoms with Gasteiger partial charge in [-0.05, 0) is 44.4 Å². The highest BCUT2D eigenvalue weighted by Crippen LogP contribution is 2.36. The smallest absolute Gasteiger partial charge is 0.417 e. The van der Waals surface area contributed by atoms with Gasteiger partial charge >= 0.3 is 6.18 Å². The van der Waals surface area contributed by atoms with Gasteiger partial charge in [0.05, 0.1) is 18.3 Å². The van der Waals surface area contributed by atoms with Gasteiger partial charge in [0.15, 0.2) is 0 Å². The van der Waals surface area contributed by atoms with Crippen LogP contribution in [0.3, 0.4) is 0 Å². The van der Waals surface area contributed by atoms with Crippen LogP contribution in [0.1, 0.15) is 31.4 Å². The van der Waals surface area contributed by atoms with E-state index < -0.39 is 11.7 Å². The number of hydrogen-bond acceptors (Lipinski definition) is 5. The zero-order chi connectivity index (χ0) is 21.4. The zero-order valence-corrected chi connectivity index (χ0v) is 16.9. The monoisotopic (exact) mass is 433 g/mol. The minimum Gasteiger partial charge on any atom is -0.491 e. The number of nitrogens with zero attached hydrogens (tertiary/aromatic N) is 1. The van der Waals surface area contributed by atoms with Gasteiger partial charge in [0.1, 0.15) is 23.1 Å². The Hall–Kier alpha value is -2.03. The van der Waals surface area contributed by atoms with E-state index in [1.54, 1.807) is 18.2 Å². The molecule has 0 aliphatic rings. The van der Waals surface area contributed by atoms with Crippen molar-refractivity contribution < 1.29 is 32.5 Å². The highest BCUT2D eigenvalue weighted by molar-refractivity contribution is 6.31. The summed E-state index contributed by atoms with van der Waals surface area (Å²) in [5.74, 6) is 0.697. The number of aliphatic hydroxyl groups excluding tert-OH is 1. The van der Waals surface area contributed by atoms with Gasteiger partial charge in [-0.25, -0.2) is 4.98 Å². The van der Waals surface area contributed by atoms with Gasteiger partial charge in [-0.1, -0.05) is 17.7 Å². The summed E-state index contributed by atoms with van der Waals surface area (Å²) in [4.78, 5) is 3.70. The second-order valence-electron chi connectivity index (χ2n) is 6.48. The summed E-state index contributed by atoms with van der Waals surface area (Å²) >= 11 is 5.94. The van der Waals surface area contributed by atoms with Gasteiger partial charge in [0.25, 0.3) is 0 Å². The minimum absolute atomic E-state index is 0.0104. The third-order valence-corrected chi connectivity index (χ3v) is 4.06. The molecule has 1 aromatic carbocycles. The molecule has 5 nitrogen and oxygen atoms in total. The molecule has 2 rings (SSSR count). The predicted octanol–water partition coefficient (Wildman–Crippen LogP) is 5.27. The summed E-state index contributed by atoms with van der Waals surface area (Å²) in [5.41, 5.74) is -0.222. The lowest BCUT2D eigenvalue weighted by molar-refractivity contribution is -0.137. The van der Waals surface area contributed by atoms with Crippen LogP contribution in [0.4, 0.5) is 13.2 Å². The summed E-state index contributed by atoms with van der Waals surface area (Å²) in [7, 11) is 0. The number of aryl methyl sites for hydroxylation is 1. The molecule has 0 atom stereocenters. The number of halogens is 4. The average Bonchev–Trinajstić information content (AvgIpc) is 2.65. The second-order valence-corrected chi connectivity index (χ2v) is 6.88. The van der Waals surface area contributed by atoms with Crippen LogP contribution in [0.5, 0.6) is 17.4 Å². The van der Waals surface area contributed by atoms with E-state index in [2.05, 4.69) is 4.98 Å². The van der Waals surface area contributed by atoms with Crippen molar-refractivity contribution in [3.05, 3.63) is 46.6 Å². The first kappa shape index (κ1) is 23.3. The molecule has 0 bridgehead atoms. The predicted molar refractivity (Wildman–Crippen MR) is 103 cm³/mol. The van der Waals surface area contributed by atoms with Crippen molar-refractivity contribution in [2.24, 2.45) is 0 Å². The fourth-order valence-electron chi connectivity index (χ4n) is 2.40. The molecular formula is C20H23ClF3NO4. The molecular weight excluding hydrogens is 411 g/mol. The van der Waals surface area contributed by atoms with Gasteiger partial charge in [-0.15, -0.1) is 0 Å². The Morgan fingerprint density at radius 1 is 1.17 bits per heavy atom. The van der Waals surface area contributed by atoms with E-state index in [0.29, 0.717) is 43.8 Å². The van der Waals surface area contributed by atoms with Gasteiger partial charge < -0.3 is 19.3 Å². The molecule has 0 saturated carbocycles. The first-order valence-corrected chi connectivity index (χ1v) is 9.47. The van der Waals surface area contributed by atoms with Crippen LogP contribution in [-0.2, 0) is 17.3 Å². The number of aliphatic hydroxyl groups is 1. The molecule has 0 amide bonds.